The number of alkyl halides is 3. The van der Waals surface area contributed by atoms with Crippen LogP contribution in [0, 0.1) is 11.8 Å². The van der Waals surface area contributed by atoms with Gasteiger partial charge in [-0.1, -0.05) is 32.4 Å². The van der Waals surface area contributed by atoms with E-state index in [0.717, 1.165) is 36.4 Å². The molecule has 12 heteroatoms. The van der Waals surface area contributed by atoms with Gasteiger partial charge < -0.3 is 9.64 Å². The van der Waals surface area contributed by atoms with Crippen molar-refractivity contribution in [2.75, 3.05) is 19.7 Å². The first kappa shape index (κ1) is 32.7. The molecule has 5 rings (SSSR count). The van der Waals surface area contributed by atoms with Crippen LogP contribution in [0.5, 0.6) is 5.75 Å². The van der Waals surface area contributed by atoms with Crippen molar-refractivity contribution in [3.63, 3.8) is 0 Å². The summed E-state index contributed by atoms with van der Waals surface area (Å²) < 4.78 is 46.7. The van der Waals surface area contributed by atoms with Crippen LogP contribution in [0.1, 0.15) is 62.3 Å². The lowest BCUT2D eigenvalue weighted by Crippen LogP contribution is -2.40. The number of nitrogens with zero attached hydrogens (tertiary/aromatic N) is 4. The predicted molar refractivity (Wildman–Crippen MR) is 170 cm³/mol. The number of rotatable bonds is 8. The molecule has 1 amide bonds. The summed E-state index contributed by atoms with van der Waals surface area (Å²) in [5.74, 6) is 0.711. The number of ether oxygens (including phenoxy) is 1. The van der Waals surface area contributed by atoms with E-state index in [1.54, 1.807) is 29.6 Å². The highest BCUT2D eigenvalue weighted by molar-refractivity contribution is 7.13. The smallest absolute Gasteiger partial charge is 0.433 e. The van der Waals surface area contributed by atoms with Crippen LogP contribution >= 0.6 is 22.9 Å². The van der Waals surface area contributed by atoms with E-state index in [1.165, 1.54) is 10.6 Å². The molecule has 1 saturated heterocycles. The molecule has 0 N–H and O–H groups in total. The first-order valence-electron chi connectivity index (χ1n) is 14.9. The van der Waals surface area contributed by atoms with Gasteiger partial charge in [-0.05, 0) is 74.4 Å². The molecule has 1 atom stereocenters. The minimum absolute atomic E-state index is 0.0988. The monoisotopic (exact) mass is 658 g/mol. The molecule has 45 heavy (non-hydrogen) atoms. The molecule has 0 unspecified atom stereocenters. The summed E-state index contributed by atoms with van der Waals surface area (Å²) in [4.78, 5) is 38.8. The summed E-state index contributed by atoms with van der Waals surface area (Å²) in [5.41, 5.74) is 0.858. The summed E-state index contributed by atoms with van der Waals surface area (Å²) in [7, 11) is 0. The van der Waals surface area contributed by atoms with Crippen LogP contribution in [0.3, 0.4) is 0 Å². The molecule has 0 bridgehead atoms. The molecule has 0 saturated carbocycles. The minimum atomic E-state index is -4.57. The summed E-state index contributed by atoms with van der Waals surface area (Å²) in [5, 5.41) is 2.37. The van der Waals surface area contributed by atoms with Crippen LogP contribution in [-0.2, 0) is 12.6 Å². The SMILES string of the molecule is CCOc1ccc(Cl)cc1-n1c(CC(C)C)c(C(=O)N2CCC[C@H](C)C2)cc(-c2nc(-c3ccc(C(F)(F)F)nc3)cs2)c1=O. The van der Waals surface area contributed by atoms with Gasteiger partial charge in [0.25, 0.3) is 11.5 Å². The first-order chi connectivity index (χ1) is 21.4. The number of likely N-dealkylation sites (tertiary alicyclic amines) is 1. The Hall–Kier alpha value is -3.70. The Morgan fingerprint density at radius 3 is 2.62 bits per heavy atom. The lowest BCUT2D eigenvalue weighted by molar-refractivity contribution is -0.141. The highest BCUT2D eigenvalue weighted by atomic mass is 35.5. The van der Waals surface area contributed by atoms with Crippen molar-refractivity contribution in [3.8, 4) is 33.3 Å². The summed E-state index contributed by atoms with van der Waals surface area (Å²) >= 11 is 7.61. The van der Waals surface area contributed by atoms with Crippen LogP contribution in [0.4, 0.5) is 13.2 Å². The number of aromatic nitrogens is 3. The number of hydrogen-bond acceptors (Lipinski definition) is 6. The van der Waals surface area contributed by atoms with Crippen molar-refractivity contribution in [2.24, 2.45) is 11.8 Å². The third-order valence-corrected chi connectivity index (χ3v) is 8.74. The molecule has 4 aromatic rings. The largest absolute Gasteiger partial charge is 0.492 e. The van der Waals surface area contributed by atoms with Crippen molar-refractivity contribution < 1.29 is 22.7 Å². The van der Waals surface area contributed by atoms with E-state index in [4.69, 9.17) is 16.3 Å². The van der Waals surface area contributed by atoms with E-state index in [0.29, 0.717) is 76.0 Å². The molecule has 1 fully saturated rings. The highest BCUT2D eigenvalue weighted by Crippen LogP contribution is 2.34. The van der Waals surface area contributed by atoms with E-state index < -0.39 is 17.4 Å². The molecule has 1 aliphatic rings. The average molecular weight is 659 g/mol. The van der Waals surface area contributed by atoms with E-state index >= 15 is 0 Å². The van der Waals surface area contributed by atoms with Gasteiger partial charge in [-0.3, -0.25) is 19.1 Å². The second-order valence-electron chi connectivity index (χ2n) is 11.7. The second-order valence-corrected chi connectivity index (χ2v) is 13.0. The maximum Gasteiger partial charge on any atom is 0.433 e. The van der Waals surface area contributed by atoms with Crippen molar-refractivity contribution in [2.45, 2.75) is 53.1 Å². The number of pyridine rings is 2. The Kier molecular flexibility index (Phi) is 9.69. The molecule has 0 aliphatic carbocycles. The number of piperidine rings is 1. The third kappa shape index (κ3) is 7.09. The third-order valence-electron chi connectivity index (χ3n) is 7.63. The standard InChI is InChI=1S/C33H34ClF3N4O3S/c1-5-44-28-10-9-22(34)14-27(28)41-26(13-19(2)3)23(31(42)40-12-6-7-20(4)17-40)15-24(32(41)43)30-39-25(18-45-30)21-8-11-29(38-16-21)33(35,36)37/h8-11,14-16,18-20H,5-7,12-13,17H2,1-4H3/t20-/m0/s1. The Morgan fingerprint density at radius 2 is 1.98 bits per heavy atom. The van der Waals surface area contributed by atoms with E-state index in [1.807, 2.05) is 25.7 Å². The van der Waals surface area contributed by atoms with Crippen LogP contribution in [-0.4, -0.2) is 45.0 Å². The minimum Gasteiger partial charge on any atom is -0.492 e. The molecular formula is C33H34ClF3N4O3S. The van der Waals surface area contributed by atoms with Gasteiger partial charge in [0.1, 0.15) is 16.5 Å². The zero-order chi connectivity index (χ0) is 32.5. The number of halogens is 4. The maximum absolute atomic E-state index is 14.5. The van der Waals surface area contributed by atoms with Crippen molar-refractivity contribution in [1.82, 2.24) is 19.4 Å². The molecule has 4 heterocycles. The molecular weight excluding hydrogens is 625 g/mol. The van der Waals surface area contributed by atoms with E-state index in [2.05, 4.69) is 16.9 Å². The number of thiazole rings is 1. The van der Waals surface area contributed by atoms with Gasteiger partial charge in [0, 0.05) is 40.9 Å². The van der Waals surface area contributed by atoms with Gasteiger partial charge in [0.05, 0.1) is 29.1 Å². The molecule has 238 valence electrons. The van der Waals surface area contributed by atoms with Gasteiger partial charge in [-0.25, -0.2) is 4.98 Å². The second kappa shape index (κ2) is 13.3. The van der Waals surface area contributed by atoms with Crippen LogP contribution < -0.4 is 10.3 Å². The van der Waals surface area contributed by atoms with Crippen molar-refractivity contribution >= 4 is 28.8 Å². The van der Waals surface area contributed by atoms with Gasteiger partial charge in [-0.15, -0.1) is 11.3 Å². The van der Waals surface area contributed by atoms with Gasteiger partial charge in [0.2, 0.25) is 0 Å². The molecule has 3 aromatic heterocycles. The molecule has 1 aromatic carbocycles. The Morgan fingerprint density at radius 1 is 1.20 bits per heavy atom. The number of benzene rings is 1. The Labute approximate surface area is 268 Å². The molecule has 0 spiro atoms. The highest BCUT2D eigenvalue weighted by Gasteiger charge is 2.32. The number of hydrogen-bond donors (Lipinski definition) is 0. The zero-order valence-electron chi connectivity index (χ0n) is 25.4. The lowest BCUT2D eigenvalue weighted by Gasteiger charge is -2.32. The van der Waals surface area contributed by atoms with Gasteiger partial charge in [0.15, 0.2) is 0 Å². The summed E-state index contributed by atoms with van der Waals surface area (Å²) in [6, 6.07) is 8.85. The number of carbonyl (C=O) groups excluding carboxylic acids is 1. The van der Waals surface area contributed by atoms with E-state index in [9.17, 15) is 22.8 Å². The Bertz CT molecular complexity index is 1750. The molecule has 1 aliphatic heterocycles. The summed E-state index contributed by atoms with van der Waals surface area (Å²) in [6.45, 7) is 9.57. The number of amides is 1. The van der Waals surface area contributed by atoms with Gasteiger partial charge >= 0.3 is 6.18 Å². The van der Waals surface area contributed by atoms with Crippen LogP contribution in [0.2, 0.25) is 5.02 Å². The Balaban J connectivity index is 1.73. The van der Waals surface area contributed by atoms with Gasteiger partial charge in [-0.2, -0.15) is 13.2 Å². The van der Waals surface area contributed by atoms with Crippen LogP contribution in [0.25, 0.3) is 27.5 Å². The quantitative estimate of drug-likeness (QED) is 0.191. The molecule has 0 radical (unpaired) electrons. The lowest BCUT2D eigenvalue weighted by atomic mass is 9.96. The van der Waals surface area contributed by atoms with E-state index in [-0.39, 0.29) is 17.4 Å². The van der Waals surface area contributed by atoms with Crippen molar-refractivity contribution in [1.29, 1.82) is 0 Å². The topological polar surface area (TPSA) is 77.3 Å². The number of carbonyl (C=O) groups is 1. The van der Waals surface area contributed by atoms with Crippen LogP contribution in [0.15, 0.2) is 52.8 Å². The zero-order valence-corrected chi connectivity index (χ0v) is 27.0. The fraction of sp³-hybridized carbons (Fsp3) is 0.394. The predicted octanol–water partition coefficient (Wildman–Crippen LogP) is 8.16. The average Bonchev–Trinajstić information content (AvgIpc) is 3.48. The van der Waals surface area contributed by atoms with Crippen molar-refractivity contribution in [3.05, 3.63) is 80.3 Å². The molecule has 7 nitrogen and oxygen atoms in total. The fourth-order valence-electron chi connectivity index (χ4n) is 5.56. The summed E-state index contributed by atoms with van der Waals surface area (Å²) in [6.07, 6.45) is -1.10. The normalized spacial score (nSPS) is 15.5. The fourth-order valence-corrected chi connectivity index (χ4v) is 6.57. The maximum atomic E-state index is 14.5. The first-order valence-corrected chi connectivity index (χ1v) is 16.1.